The quantitative estimate of drug-likeness (QED) is 0.731. The van der Waals surface area contributed by atoms with E-state index in [1.807, 2.05) is 25.7 Å². The average Bonchev–Trinajstić information content (AvgIpc) is 2.86. The number of amides is 3. The summed E-state index contributed by atoms with van der Waals surface area (Å²) in [5.74, 6) is 0.105. The lowest BCUT2D eigenvalue weighted by Crippen LogP contribution is -2.56. The fourth-order valence-corrected chi connectivity index (χ4v) is 2.76. The van der Waals surface area contributed by atoms with E-state index in [0.717, 1.165) is 39.0 Å². The number of nitrogens with one attached hydrogen (secondary N) is 2. The number of hydrogen-bond acceptors (Lipinski definition) is 3. The molecule has 2 fully saturated rings. The van der Waals surface area contributed by atoms with Crippen molar-refractivity contribution in [2.24, 2.45) is 0 Å². The molecule has 3 amide bonds. The molecule has 2 aliphatic heterocycles. The highest BCUT2D eigenvalue weighted by atomic mass is 16.2. The molecule has 6 heteroatoms. The highest BCUT2D eigenvalue weighted by molar-refractivity contribution is 5.88. The number of piperazine rings is 1. The van der Waals surface area contributed by atoms with Gasteiger partial charge in [0.05, 0.1) is 0 Å². The van der Waals surface area contributed by atoms with Gasteiger partial charge in [-0.2, -0.15) is 0 Å². The normalized spacial score (nSPS) is 23.9. The Morgan fingerprint density at radius 2 is 1.80 bits per heavy atom. The Hall–Kier alpha value is -1.30. The number of rotatable bonds is 1. The highest BCUT2D eigenvalue weighted by Crippen LogP contribution is 2.20. The van der Waals surface area contributed by atoms with Gasteiger partial charge >= 0.3 is 6.03 Å². The van der Waals surface area contributed by atoms with E-state index < -0.39 is 0 Å². The summed E-state index contributed by atoms with van der Waals surface area (Å²) in [6.45, 7) is 9.69. The van der Waals surface area contributed by atoms with E-state index in [9.17, 15) is 9.59 Å². The molecule has 0 aromatic heterocycles. The molecule has 0 aromatic rings. The fourth-order valence-electron chi connectivity index (χ4n) is 2.76. The number of nitrogens with zero attached hydrogens (tertiary/aromatic N) is 2. The van der Waals surface area contributed by atoms with Crippen molar-refractivity contribution in [3.8, 4) is 0 Å². The van der Waals surface area contributed by atoms with Gasteiger partial charge in [0.1, 0.15) is 6.04 Å². The van der Waals surface area contributed by atoms with Crippen LogP contribution in [0.25, 0.3) is 0 Å². The molecule has 0 spiro atoms. The van der Waals surface area contributed by atoms with E-state index in [0.29, 0.717) is 6.54 Å². The van der Waals surface area contributed by atoms with Gasteiger partial charge in [-0.15, -0.1) is 0 Å². The first-order chi connectivity index (χ1) is 9.38. The summed E-state index contributed by atoms with van der Waals surface area (Å²) < 4.78 is 0. The molecule has 20 heavy (non-hydrogen) atoms. The molecule has 114 valence electrons. The van der Waals surface area contributed by atoms with Gasteiger partial charge in [0.2, 0.25) is 5.91 Å². The lowest BCUT2D eigenvalue weighted by Gasteiger charge is -2.34. The third-order valence-corrected chi connectivity index (χ3v) is 3.71. The van der Waals surface area contributed by atoms with Crippen molar-refractivity contribution in [2.75, 3.05) is 32.7 Å². The Morgan fingerprint density at radius 1 is 1.15 bits per heavy atom. The molecule has 0 bridgehead atoms. The zero-order chi connectivity index (χ0) is 14.8. The Labute approximate surface area is 120 Å². The van der Waals surface area contributed by atoms with Gasteiger partial charge in [0.15, 0.2) is 0 Å². The van der Waals surface area contributed by atoms with Crippen molar-refractivity contribution in [1.82, 2.24) is 20.4 Å². The number of hydrogen-bond donors (Lipinski definition) is 2. The Balaban J connectivity index is 1.99. The molecule has 2 rings (SSSR count). The maximum atomic E-state index is 12.6. The third-order valence-electron chi connectivity index (χ3n) is 3.71. The van der Waals surface area contributed by atoms with E-state index in [-0.39, 0.29) is 23.5 Å². The fraction of sp³-hybridized carbons (Fsp3) is 0.857. The topological polar surface area (TPSA) is 64.7 Å². The van der Waals surface area contributed by atoms with E-state index in [2.05, 4.69) is 10.6 Å². The number of carbonyl (C=O) groups is 2. The van der Waals surface area contributed by atoms with Gasteiger partial charge in [0, 0.05) is 38.3 Å². The van der Waals surface area contributed by atoms with Crippen LogP contribution in [0.2, 0.25) is 0 Å². The standard InChI is InChI=1S/C14H26N4O2/c1-14(2,3)16-13(20)18-8-4-5-11(18)12(19)17-9-6-15-7-10-17/h11,15H,4-10H2,1-3H3,(H,16,20). The molecule has 2 aliphatic rings. The molecular weight excluding hydrogens is 256 g/mol. The maximum absolute atomic E-state index is 12.6. The van der Waals surface area contributed by atoms with Gasteiger partial charge in [-0.1, -0.05) is 0 Å². The van der Waals surface area contributed by atoms with Crippen LogP contribution in [0, 0.1) is 0 Å². The van der Waals surface area contributed by atoms with Crippen LogP contribution in [-0.4, -0.2) is 66.0 Å². The first-order valence-electron chi connectivity index (χ1n) is 7.47. The van der Waals surface area contributed by atoms with Crippen LogP contribution in [0.4, 0.5) is 4.79 Å². The third kappa shape index (κ3) is 3.62. The van der Waals surface area contributed by atoms with Crippen molar-refractivity contribution in [2.45, 2.75) is 45.2 Å². The Morgan fingerprint density at radius 3 is 2.40 bits per heavy atom. The lowest BCUT2D eigenvalue weighted by molar-refractivity contribution is -0.135. The Kier molecular flexibility index (Phi) is 4.52. The molecule has 0 aliphatic carbocycles. The second kappa shape index (κ2) is 5.99. The first-order valence-corrected chi connectivity index (χ1v) is 7.47. The molecule has 2 heterocycles. The van der Waals surface area contributed by atoms with Crippen molar-refractivity contribution >= 4 is 11.9 Å². The van der Waals surface area contributed by atoms with E-state index >= 15 is 0 Å². The molecular formula is C14H26N4O2. The summed E-state index contributed by atoms with van der Waals surface area (Å²) in [7, 11) is 0. The SMILES string of the molecule is CC(C)(C)NC(=O)N1CCCC1C(=O)N1CCNCC1. The average molecular weight is 282 g/mol. The summed E-state index contributed by atoms with van der Waals surface area (Å²) in [5, 5.41) is 6.19. The van der Waals surface area contributed by atoms with Crippen molar-refractivity contribution in [3.63, 3.8) is 0 Å². The van der Waals surface area contributed by atoms with E-state index in [1.54, 1.807) is 4.90 Å². The summed E-state index contributed by atoms with van der Waals surface area (Å²) in [6.07, 6.45) is 1.68. The minimum atomic E-state index is -0.282. The molecule has 2 N–H and O–H groups in total. The van der Waals surface area contributed by atoms with Crippen LogP contribution in [0.1, 0.15) is 33.6 Å². The van der Waals surface area contributed by atoms with Crippen molar-refractivity contribution < 1.29 is 9.59 Å². The summed E-state index contributed by atoms with van der Waals surface area (Å²) in [6, 6.07) is -0.404. The van der Waals surface area contributed by atoms with Crippen LogP contribution in [-0.2, 0) is 4.79 Å². The summed E-state index contributed by atoms with van der Waals surface area (Å²) in [5.41, 5.74) is -0.275. The zero-order valence-corrected chi connectivity index (χ0v) is 12.7. The van der Waals surface area contributed by atoms with Crippen molar-refractivity contribution in [3.05, 3.63) is 0 Å². The van der Waals surface area contributed by atoms with Gasteiger partial charge in [-0.25, -0.2) is 4.79 Å². The largest absolute Gasteiger partial charge is 0.338 e. The summed E-state index contributed by atoms with van der Waals surface area (Å²) in [4.78, 5) is 28.4. The molecule has 2 saturated heterocycles. The minimum Gasteiger partial charge on any atom is -0.338 e. The smallest absolute Gasteiger partial charge is 0.318 e. The van der Waals surface area contributed by atoms with Crippen LogP contribution < -0.4 is 10.6 Å². The van der Waals surface area contributed by atoms with Gasteiger partial charge in [-0.3, -0.25) is 4.79 Å². The highest BCUT2D eigenvalue weighted by Gasteiger charge is 2.37. The monoisotopic (exact) mass is 282 g/mol. The summed E-state index contributed by atoms with van der Waals surface area (Å²) >= 11 is 0. The molecule has 1 unspecified atom stereocenters. The van der Waals surface area contributed by atoms with Crippen molar-refractivity contribution in [1.29, 1.82) is 0 Å². The van der Waals surface area contributed by atoms with Gasteiger partial charge in [-0.05, 0) is 33.6 Å². The first kappa shape index (κ1) is 15.1. The van der Waals surface area contributed by atoms with E-state index in [4.69, 9.17) is 0 Å². The Bertz CT molecular complexity index is 372. The van der Waals surface area contributed by atoms with E-state index in [1.165, 1.54) is 0 Å². The zero-order valence-electron chi connectivity index (χ0n) is 12.7. The lowest BCUT2D eigenvalue weighted by atomic mass is 10.1. The van der Waals surface area contributed by atoms with Gasteiger partial charge in [0.25, 0.3) is 0 Å². The molecule has 0 saturated carbocycles. The second-order valence-corrected chi connectivity index (χ2v) is 6.61. The predicted molar refractivity (Wildman–Crippen MR) is 77.5 cm³/mol. The second-order valence-electron chi connectivity index (χ2n) is 6.61. The molecule has 0 radical (unpaired) electrons. The molecule has 0 aromatic carbocycles. The maximum Gasteiger partial charge on any atom is 0.318 e. The number of likely N-dealkylation sites (tertiary alicyclic amines) is 1. The number of carbonyl (C=O) groups excluding carboxylic acids is 2. The number of urea groups is 1. The molecule has 1 atom stereocenters. The molecule has 6 nitrogen and oxygen atoms in total. The van der Waals surface area contributed by atoms with Crippen LogP contribution in [0.15, 0.2) is 0 Å². The minimum absolute atomic E-state index is 0.105. The van der Waals surface area contributed by atoms with Crippen LogP contribution in [0.5, 0.6) is 0 Å². The van der Waals surface area contributed by atoms with Gasteiger partial charge < -0.3 is 20.4 Å². The van der Waals surface area contributed by atoms with Crippen LogP contribution in [0.3, 0.4) is 0 Å². The predicted octanol–water partition coefficient (Wildman–Crippen LogP) is 0.391. The van der Waals surface area contributed by atoms with Crippen LogP contribution >= 0.6 is 0 Å².